The van der Waals surface area contributed by atoms with Crippen LogP contribution in [0.5, 0.6) is 0 Å². The first-order valence-electron chi connectivity index (χ1n) is 7.04. The number of hydrogen-bond acceptors (Lipinski definition) is 8. The summed E-state index contributed by atoms with van der Waals surface area (Å²) in [7, 11) is 14.1. The van der Waals surface area contributed by atoms with E-state index in [-0.39, 0.29) is 27.6 Å². The molecule has 0 aromatic rings. The van der Waals surface area contributed by atoms with Crippen molar-refractivity contribution >= 4 is 79.0 Å². The van der Waals surface area contributed by atoms with Crippen LogP contribution in [0.1, 0.15) is 13.8 Å². The van der Waals surface area contributed by atoms with Gasteiger partial charge in [0.25, 0.3) is 0 Å². The summed E-state index contributed by atoms with van der Waals surface area (Å²) < 4.78 is 17.8. The molecule has 8 unspecified atom stereocenters. The lowest BCUT2D eigenvalue weighted by molar-refractivity contribution is -0.138. The Kier molecular flexibility index (Phi) is 62.3. The van der Waals surface area contributed by atoms with Crippen LogP contribution in [0.2, 0.25) is 0 Å². The molecule has 0 bridgehead atoms. The van der Waals surface area contributed by atoms with Crippen molar-refractivity contribution in [3.63, 3.8) is 0 Å². The maximum Gasteiger partial charge on any atom is 0.302 e. The second-order valence-electron chi connectivity index (χ2n) is 4.00. The topological polar surface area (TPSA) is 112 Å². The van der Waals surface area contributed by atoms with Gasteiger partial charge in [-0.3, -0.25) is 9.59 Å². The average Bonchev–Trinajstić information content (AvgIpc) is 2.55. The number of hydrogen-bond donors (Lipinski definition) is 2. The minimum Gasteiger partial charge on any atom is -0.469 e. The lowest BCUT2D eigenvalue weighted by Crippen LogP contribution is -1.88. The summed E-state index contributed by atoms with van der Waals surface area (Å²) in [6.07, 6.45) is 0. The first kappa shape index (κ1) is 44.0. The predicted molar refractivity (Wildman–Crippen MR) is 144 cm³/mol. The highest BCUT2D eigenvalue weighted by atomic mass is 32.0. The molecule has 0 aromatic carbocycles. The number of ether oxygens (including phenoxy) is 2. The molecule has 0 amide bonds. The molecule has 0 radical (unpaired) electrons. The van der Waals surface area contributed by atoms with Crippen molar-refractivity contribution in [3.8, 4) is 0 Å². The van der Waals surface area contributed by atoms with Crippen molar-refractivity contribution in [3.05, 3.63) is 0 Å². The molecule has 0 aromatic heterocycles. The summed E-state index contributed by atoms with van der Waals surface area (Å²) in [6.45, 7) is 10.3. The summed E-state index contributed by atoms with van der Waals surface area (Å²) in [6, 6.07) is 0. The lowest BCUT2D eigenvalue weighted by Gasteiger charge is -1.94. The fraction of sp³-hybridized carbons (Fsp3) is 0.833. The summed E-state index contributed by atoms with van der Waals surface area (Å²) in [5.74, 6) is -0.491. The highest BCUT2D eigenvalue weighted by Crippen LogP contribution is 2.39. The van der Waals surface area contributed by atoms with Crippen molar-refractivity contribution in [1.82, 2.24) is 0 Å². The van der Waals surface area contributed by atoms with E-state index in [1.54, 1.807) is 27.5 Å². The molecule has 0 spiro atoms. The van der Waals surface area contributed by atoms with E-state index in [1.165, 1.54) is 28.1 Å². The molecule has 176 valence electrons. The first-order chi connectivity index (χ1) is 12.5. The second kappa shape index (κ2) is 39.7. The quantitative estimate of drug-likeness (QED) is 0.365. The molecular formula is C12H40O8P8. The van der Waals surface area contributed by atoms with Gasteiger partial charge in [0.05, 0.1) is 14.2 Å². The minimum atomic E-state index is -0.704. The van der Waals surface area contributed by atoms with Crippen LogP contribution in [-0.2, 0) is 28.1 Å². The molecule has 0 heterocycles. The van der Waals surface area contributed by atoms with Crippen LogP contribution in [0, 0.1) is 0 Å². The van der Waals surface area contributed by atoms with Crippen LogP contribution < -0.4 is 0 Å². The van der Waals surface area contributed by atoms with Crippen molar-refractivity contribution in [2.75, 3.05) is 55.1 Å². The van der Waals surface area contributed by atoms with Crippen LogP contribution in [-0.4, -0.2) is 76.8 Å². The van der Waals surface area contributed by atoms with E-state index < -0.39 is 15.7 Å². The monoisotopic (exact) mass is 560 g/mol. The SMILES string of the molecule is COC(C)=O.COC(C)=O.COP(C)P.COP(C)P.CP(O)P.CP(O)P. The first-order valence-corrected chi connectivity index (χ1v) is 20.4. The normalized spacial score (nSPS) is 12.3. The fourth-order valence-electron chi connectivity index (χ4n) is 0. The van der Waals surface area contributed by atoms with Crippen molar-refractivity contribution in [1.29, 1.82) is 0 Å². The van der Waals surface area contributed by atoms with Gasteiger partial charge in [0, 0.05) is 59.4 Å². The molecule has 0 aliphatic heterocycles. The van der Waals surface area contributed by atoms with Crippen LogP contribution >= 0.6 is 67.1 Å². The van der Waals surface area contributed by atoms with E-state index in [2.05, 4.69) is 45.2 Å². The summed E-state index contributed by atoms with van der Waals surface area (Å²) in [5.41, 5.74) is 0. The van der Waals surface area contributed by atoms with E-state index >= 15 is 0 Å². The van der Waals surface area contributed by atoms with Gasteiger partial charge < -0.3 is 28.3 Å². The lowest BCUT2D eigenvalue weighted by atomic mass is 10.8. The largest absolute Gasteiger partial charge is 0.469 e. The number of carbonyl (C=O) groups excluding carboxylic acids is 2. The molecule has 0 fully saturated rings. The number of methoxy groups -OCH3 is 2. The van der Waals surface area contributed by atoms with E-state index in [9.17, 15) is 9.59 Å². The molecule has 8 nitrogen and oxygen atoms in total. The standard InChI is InChI=1S/2C3H6O2.2C2H8OP2.2CH6OP2/c2*1-3(4)5-2;2*1-3-5(2)4;2*1-4(2)3/h2*1-2H3;2*4H2,1-2H3;2*2H,3H2,1H3. The molecule has 28 heavy (non-hydrogen) atoms. The predicted octanol–water partition coefficient (Wildman–Crippen LogP) is 4.85. The Hall–Kier alpha value is 2.22. The number of carbonyl (C=O) groups is 2. The number of esters is 2. The van der Waals surface area contributed by atoms with Gasteiger partial charge in [-0.2, -0.15) is 0 Å². The Bertz CT molecular complexity index is 263. The van der Waals surface area contributed by atoms with Crippen LogP contribution in [0.3, 0.4) is 0 Å². The molecular weight excluding hydrogens is 520 g/mol. The third kappa shape index (κ3) is 200. The van der Waals surface area contributed by atoms with Crippen LogP contribution in [0.4, 0.5) is 0 Å². The van der Waals surface area contributed by atoms with Crippen LogP contribution in [0.15, 0.2) is 0 Å². The highest BCUT2D eigenvalue weighted by Gasteiger charge is 1.79. The average molecular weight is 560 g/mol. The summed E-state index contributed by atoms with van der Waals surface area (Å²) in [5, 5.41) is 0. The molecule has 0 aliphatic rings. The molecule has 0 saturated heterocycles. The molecule has 2 N–H and O–H groups in total. The van der Waals surface area contributed by atoms with Gasteiger partial charge in [0.1, 0.15) is 0 Å². The molecule has 16 heteroatoms. The van der Waals surface area contributed by atoms with Gasteiger partial charge in [-0.1, -0.05) is 35.7 Å². The van der Waals surface area contributed by atoms with Gasteiger partial charge in [-0.15, -0.1) is 0 Å². The highest BCUT2D eigenvalue weighted by molar-refractivity contribution is 8.11. The zero-order valence-corrected chi connectivity index (χ0v) is 26.6. The summed E-state index contributed by atoms with van der Waals surface area (Å²) >= 11 is 0. The van der Waals surface area contributed by atoms with E-state index in [1.807, 2.05) is 13.3 Å². The minimum absolute atomic E-state index is 0.182. The van der Waals surface area contributed by atoms with Crippen molar-refractivity contribution in [2.24, 2.45) is 0 Å². The number of rotatable bonds is 2. The van der Waals surface area contributed by atoms with Crippen LogP contribution in [0.25, 0.3) is 0 Å². The van der Waals surface area contributed by atoms with Crippen molar-refractivity contribution in [2.45, 2.75) is 13.8 Å². The Morgan fingerprint density at radius 3 is 0.714 bits per heavy atom. The Morgan fingerprint density at radius 1 is 0.643 bits per heavy atom. The van der Waals surface area contributed by atoms with E-state index in [4.69, 9.17) is 18.8 Å². The maximum absolute atomic E-state index is 9.59. The molecule has 0 saturated carbocycles. The van der Waals surface area contributed by atoms with E-state index in [0.29, 0.717) is 0 Å². The second-order valence-corrected chi connectivity index (χ2v) is 18.1. The van der Waals surface area contributed by atoms with E-state index in [0.717, 1.165) is 0 Å². The molecule has 0 rings (SSSR count). The Balaban J connectivity index is -0.0000000520. The Morgan fingerprint density at radius 2 is 0.714 bits per heavy atom. The van der Waals surface area contributed by atoms with Gasteiger partial charge in [0.15, 0.2) is 0 Å². The summed E-state index contributed by atoms with van der Waals surface area (Å²) in [4.78, 5) is 35.3. The Labute approximate surface area is 185 Å². The zero-order valence-electron chi connectivity index (χ0n) is 18.4. The maximum atomic E-state index is 9.59. The van der Waals surface area contributed by atoms with Gasteiger partial charge in [-0.05, 0) is 26.7 Å². The van der Waals surface area contributed by atoms with Gasteiger partial charge in [0.2, 0.25) is 0 Å². The van der Waals surface area contributed by atoms with Gasteiger partial charge >= 0.3 is 11.9 Å². The fourth-order valence-corrected chi connectivity index (χ4v) is 0. The van der Waals surface area contributed by atoms with Crippen molar-refractivity contribution < 1.29 is 37.9 Å². The smallest absolute Gasteiger partial charge is 0.302 e. The van der Waals surface area contributed by atoms with Gasteiger partial charge in [-0.25, -0.2) is 0 Å². The third-order valence-electron chi connectivity index (χ3n) is 1.15. The third-order valence-corrected chi connectivity index (χ3v) is 3.57. The molecule has 8 atom stereocenters. The zero-order chi connectivity index (χ0) is 24.3. The molecule has 0 aliphatic carbocycles.